The van der Waals surface area contributed by atoms with E-state index in [1.165, 1.54) is 0 Å². The van der Waals surface area contributed by atoms with E-state index in [0.29, 0.717) is 11.4 Å². The molecule has 1 aromatic carbocycles. The number of hydrogen-bond donors (Lipinski definition) is 1. The Morgan fingerprint density at radius 2 is 2.19 bits per heavy atom. The predicted molar refractivity (Wildman–Crippen MR) is 67.3 cm³/mol. The third kappa shape index (κ3) is 1.87. The van der Waals surface area contributed by atoms with Gasteiger partial charge in [0.25, 0.3) is 0 Å². The van der Waals surface area contributed by atoms with Crippen LogP contribution in [0.3, 0.4) is 0 Å². The quantitative estimate of drug-likeness (QED) is 0.754. The van der Waals surface area contributed by atoms with Gasteiger partial charge in [0.1, 0.15) is 0 Å². The fourth-order valence-corrected chi connectivity index (χ4v) is 2.43. The zero-order valence-corrected chi connectivity index (χ0v) is 10.4. The van der Waals surface area contributed by atoms with Crippen LogP contribution in [0.5, 0.6) is 0 Å². The lowest BCUT2D eigenvalue weighted by molar-refractivity contribution is -0.118. The van der Waals surface area contributed by atoms with E-state index in [4.69, 9.17) is 11.6 Å². The third-order valence-corrected chi connectivity index (χ3v) is 3.09. The lowest BCUT2D eigenvalue weighted by Gasteiger charge is -2.19. The minimum absolute atomic E-state index is 0.0875. The molecule has 1 N–H and O–H groups in total. The molecule has 0 saturated carbocycles. The number of fused-ring (bicyclic) bond motifs is 1. The summed E-state index contributed by atoms with van der Waals surface area (Å²) < 4.78 is 0. The molecule has 0 saturated heterocycles. The normalized spacial score (nSPS) is 20.1. The van der Waals surface area contributed by atoms with Gasteiger partial charge in [0.15, 0.2) is 0 Å². The molecule has 0 aliphatic carbocycles. The van der Waals surface area contributed by atoms with Gasteiger partial charge in [-0.3, -0.25) is 4.79 Å². The molecule has 2 rings (SSSR count). The van der Waals surface area contributed by atoms with Crippen LogP contribution in [0.15, 0.2) is 12.1 Å². The fraction of sp³-hybridized carbons (Fsp3) is 0.417. The van der Waals surface area contributed by atoms with Gasteiger partial charge in [-0.15, -0.1) is 0 Å². The van der Waals surface area contributed by atoms with E-state index in [9.17, 15) is 4.79 Å². The largest absolute Gasteiger partial charge is 0.380 e. The first-order valence-electron chi connectivity index (χ1n) is 5.32. The lowest BCUT2D eigenvalue weighted by atomic mass is 10.1. The van der Waals surface area contributed by atoms with Crippen LogP contribution < -0.4 is 10.2 Å². The van der Waals surface area contributed by atoms with Gasteiger partial charge in [-0.1, -0.05) is 11.6 Å². The second-order valence-electron chi connectivity index (χ2n) is 4.35. The standard InChI is InChI=1S/C12H15ClN2O/c1-7-4-9(13)12-10(5-7)14-8(2)6-11(16)15(12)3/h4-5,8,14H,6H2,1-3H3. The van der Waals surface area contributed by atoms with E-state index in [2.05, 4.69) is 5.32 Å². The molecule has 86 valence electrons. The van der Waals surface area contributed by atoms with Crippen molar-refractivity contribution in [3.63, 3.8) is 0 Å². The molecule has 0 spiro atoms. The first kappa shape index (κ1) is 11.3. The van der Waals surface area contributed by atoms with Gasteiger partial charge in [-0.2, -0.15) is 0 Å². The first-order valence-corrected chi connectivity index (χ1v) is 5.70. The molecule has 1 atom stereocenters. The summed E-state index contributed by atoms with van der Waals surface area (Å²) in [7, 11) is 1.77. The Hall–Kier alpha value is -1.22. The molecule has 0 fully saturated rings. The number of aryl methyl sites for hydroxylation is 1. The van der Waals surface area contributed by atoms with Crippen molar-refractivity contribution in [2.45, 2.75) is 26.3 Å². The molecular formula is C12H15ClN2O. The molecule has 1 aliphatic rings. The fourth-order valence-electron chi connectivity index (χ4n) is 2.03. The number of rotatable bonds is 0. The maximum atomic E-state index is 11.9. The minimum Gasteiger partial charge on any atom is -0.380 e. The van der Waals surface area contributed by atoms with Crippen molar-refractivity contribution in [1.29, 1.82) is 0 Å². The highest BCUT2D eigenvalue weighted by molar-refractivity contribution is 6.34. The zero-order valence-electron chi connectivity index (χ0n) is 9.67. The first-order chi connectivity index (χ1) is 7.49. The number of benzene rings is 1. The monoisotopic (exact) mass is 238 g/mol. The maximum absolute atomic E-state index is 11.9. The van der Waals surface area contributed by atoms with Gasteiger partial charge in [0, 0.05) is 19.5 Å². The van der Waals surface area contributed by atoms with Crippen molar-refractivity contribution in [2.75, 3.05) is 17.3 Å². The summed E-state index contributed by atoms with van der Waals surface area (Å²) in [5, 5.41) is 3.94. The molecule has 0 aromatic heterocycles. The third-order valence-electron chi connectivity index (χ3n) is 2.80. The summed E-state index contributed by atoms with van der Waals surface area (Å²) in [6, 6.07) is 4.03. The number of nitrogens with zero attached hydrogens (tertiary/aromatic N) is 1. The molecule has 4 heteroatoms. The molecule has 16 heavy (non-hydrogen) atoms. The number of anilines is 2. The van der Waals surface area contributed by atoms with Crippen molar-refractivity contribution >= 4 is 28.9 Å². The molecule has 3 nitrogen and oxygen atoms in total. The van der Waals surface area contributed by atoms with E-state index in [0.717, 1.165) is 16.9 Å². The summed E-state index contributed by atoms with van der Waals surface area (Å²) in [5.41, 5.74) is 2.80. The van der Waals surface area contributed by atoms with Crippen molar-refractivity contribution in [3.05, 3.63) is 22.7 Å². The van der Waals surface area contributed by atoms with Crippen molar-refractivity contribution in [1.82, 2.24) is 0 Å². The Balaban J connectivity index is 2.59. The number of hydrogen-bond acceptors (Lipinski definition) is 2. The molecule has 1 amide bonds. The molecule has 1 aromatic rings. The summed E-state index contributed by atoms with van der Waals surface area (Å²) in [6.45, 7) is 3.99. The van der Waals surface area contributed by atoms with Crippen molar-refractivity contribution in [2.24, 2.45) is 0 Å². The molecule has 1 heterocycles. The number of carbonyl (C=O) groups is 1. The number of halogens is 1. The molecule has 0 bridgehead atoms. The number of amides is 1. The van der Waals surface area contributed by atoms with Crippen molar-refractivity contribution in [3.8, 4) is 0 Å². The Morgan fingerprint density at radius 3 is 2.88 bits per heavy atom. The van der Waals surface area contributed by atoms with E-state index in [-0.39, 0.29) is 11.9 Å². The van der Waals surface area contributed by atoms with Gasteiger partial charge in [-0.25, -0.2) is 0 Å². The second kappa shape index (κ2) is 3.98. The predicted octanol–water partition coefficient (Wildman–Crippen LogP) is 2.82. The second-order valence-corrected chi connectivity index (χ2v) is 4.75. The zero-order chi connectivity index (χ0) is 11.9. The van der Waals surface area contributed by atoms with Gasteiger partial charge in [0.2, 0.25) is 5.91 Å². The molecule has 1 unspecified atom stereocenters. The van der Waals surface area contributed by atoms with E-state index < -0.39 is 0 Å². The minimum atomic E-state index is 0.0875. The van der Waals surface area contributed by atoms with Crippen LogP contribution in [0.4, 0.5) is 11.4 Å². The van der Waals surface area contributed by atoms with Crippen LogP contribution in [-0.4, -0.2) is 19.0 Å². The van der Waals surface area contributed by atoms with E-state index in [1.54, 1.807) is 11.9 Å². The Bertz CT molecular complexity index is 445. The van der Waals surface area contributed by atoms with Crippen molar-refractivity contribution < 1.29 is 4.79 Å². The van der Waals surface area contributed by atoms with Crippen LogP contribution in [-0.2, 0) is 4.79 Å². The maximum Gasteiger partial charge on any atom is 0.228 e. The Morgan fingerprint density at radius 1 is 1.50 bits per heavy atom. The van der Waals surface area contributed by atoms with E-state index in [1.807, 2.05) is 26.0 Å². The van der Waals surface area contributed by atoms with Crippen LogP contribution >= 0.6 is 11.6 Å². The number of carbonyl (C=O) groups excluding carboxylic acids is 1. The number of nitrogens with one attached hydrogen (secondary N) is 1. The topological polar surface area (TPSA) is 32.3 Å². The van der Waals surface area contributed by atoms with Gasteiger partial charge in [0.05, 0.1) is 16.4 Å². The highest BCUT2D eigenvalue weighted by atomic mass is 35.5. The highest BCUT2D eigenvalue weighted by Crippen LogP contribution is 2.37. The molecule has 0 radical (unpaired) electrons. The van der Waals surface area contributed by atoms with Crippen LogP contribution in [0, 0.1) is 6.92 Å². The summed E-state index contributed by atoms with van der Waals surface area (Å²) >= 11 is 6.19. The highest BCUT2D eigenvalue weighted by Gasteiger charge is 2.24. The van der Waals surface area contributed by atoms with Crippen LogP contribution in [0.2, 0.25) is 5.02 Å². The summed E-state index contributed by atoms with van der Waals surface area (Å²) in [4.78, 5) is 13.5. The summed E-state index contributed by atoms with van der Waals surface area (Å²) in [6.07, 6.45) is 0.487. The van der Waals surface area contributed by atoms with E-state index >= 15 is 0 Å². The van der Waals surface area contributed by atoms with Crippen LogP contribution in [0.25, 0.3) is 0 Å². The van der Waals surface area contributed by atoms with Gasteiger partial charge >= 0.3 is 0 Å². The lowest BCUT2D eigenvalue weighted by Crippen LogP contribution is -2.27. The SMILES string of the molecule is Cc1cc(Cl)c2c(c1)NC(C)CC(=O)N2C. The molecular weight excluding hydrogens is 224 g/mol. The van der Waals surface area contributed by atoms with Crippen LogP contribution in [0.1, 0.15) is 18.9 Å². The van der Waals surface area contributed by atoms with Gasteiger partial charge in [-0.05, 0) is 31.5 Å². The average molecular weight is 239 g/mol. The Kier molecular flexibility index (Phi) is 2.80. The smallest absolute Gasteiger partial charge is 0.228 e. The Labute approximate surface area is 100 Å². The summed E-state index contributed by atoms with van der Waals surface area (Å²) in [5.74, 6) is 0.0875. The average Bonchev–Trinajstić information content (AvgIpc) is 2.24. The van der Waals surface area contributed by atoms with Gasteiger partial charge < -0.3 is 10.2 Å². The molecule has 1 aliphatic heterocycles.